The maximum absolute atomic E-state index is 8.88. The molecule has 21 heavy (non-hydrogen) atoms. The summed E-state index contributed by atoms with van der Waals surface area (Å²) in [5.41, 5.74) is 2.24. The summed E-state index contributed by atoms with van der Waals surface area (Å²) in [4.78, 5) is 4.52. The zero-order valence-corrected chi connectivity index (χ0v) is 13.3. The van der Waals surface area contributed by atoms with E-state index in [-0.39, 0.29) is 6.61 Å². The van der Waals surface area contributed by atoms with Gasteiger partial charge in [-0.3, -0.25) is 0 Å². The molecular weight excluding hydrogens is 266 g/mol. The van der Waals surface area contributed by atoms with Crippen molar-refractivity contribution in [3.8, 4) is 5.75 Å². The molecule has 0 spiro atoms. The number of aliphatic hydroxyl groups excluding tert-OH is 1. The van der Waals surface area contributed by atoms with E-state index in [0.717, 1.165) is 24.3 Å². The Morgan fingerprint density at radius 2 is 2.10 bits per heavy atom. The number of rotatable bonds is 8. The Bertz CT molecular complexity index is 447. The minimum Gasteiger partial charge on any atom is -0.493 e. The number of benzene rings is 1. The molecule has 118 valence electrons. The van der Waals surface area contributed by atoms with E-state index in [2.05, 4.69) is 47.7 Å². The zero-order valence-electron chi connectivity index (χ0n) is 13.3. The standard InChI is InChI=1S/C16H27N3O2/c1-4-10-21-15-11-13(3)6-7-14(15)12-19-16(17-5-2)18-8-9-20/h6-7,11,20H,4-5,8-10,12H2,1-3H3,(H2,17,18,19). The number of hydrogen-bond acceptors (Lipinski definition) is 3. The van der Waals surface area contributed by atoms with Crippen molar-refractivity contribution >= 4 is 5.96 Å². The molecule has 0 bridgehead atoms. The number of ether oxygens (including phenoxy) is 1. The quantitative estimate of drug-likeness (QED) is 0.505. The minimum atomic E-state index is 0.0831. The van der Waals surface area contributed by atoms with E-state index in [1.54, 1.807) is 0 Å². The van der Waals surface area contributed by atoms with E-state index < -0.39 is 0 Å². The van der Waals surface area contributed by atoms with Crippen molar-refractivity contribution in [2.24, 2.45) is 4.99 Å². The molecule has 1 aromatic rings. The summed E-state index contributed by atoms with van der Waals surface area (Å²) in [5, 5.41) is 15.1. The van der Waals surface area contributed by atoms with Crippen LogP contribution in [0, 0.1) is 6.92 Å². The van der Waals surface area contributed by atoms with Gasteiger partial charge in [-0.15, -0.1) is 0 Å². The number of hydrogen-bond donors (Lipinski definition) is 3. The highest BCUT2D eigenvalue weighted by molar-refractivity contribution is 5.79. The SMILES string of the molecule is CCCOc1cc(C)ccc1CN=C(NCC)NCCO. The Kier molecular flexibility index (Phi) is 8.28. The second-order valence-electron chi connectivity index (χ2n) is 4.81. The molecule has 1 rings (SSSR count). The predicted molar refractivity (Wildman–Crippen MR) is 86.9 cm³/mol. The molecule has 0 amide bonds. The average molecular weight is 293 g/mol. The topological polar surface area (TPSA) is 65.9 Å². The van der Waals surface area contributed by atoms with Crippen molar-refractivity contribution in [2.45, 2.75) is 33.7 Å². The van der Waals surface area contributed by atoms with Crippen LogP contribution in [0.25, 0.3) is 0 Å². The van der Waals surface area contributed by atoms with E-state index in [9.17, 15) is 0 Å². The van der Waals surface area contributed by atoms with Gasteiger partial charge in [0, 0.05) is 18.7 Å². The first-order chi connectivity index (χ1) is 10.2. The Morgan fingerprint density at radius 3 is 2.76 bits per heavy atom. The Morgan fingerprint density at radius 1 is 1.29 bits per heavy atom. The number of aryl methyl sites for hydroxylation is 1. The van der Waals surface area contributed by atoms with Crippen molar-refractivity contribution in [1.29, 1.82) is 0 Å². The monoisotopic (exact) mass is 293 g/mol. The first-order valence-electron chi connectivity index (χ1n) is 7.56. The van der Waals surface area contributed by atoms with Crippen LogP contribution in [0.3, 0.4) is 0 Å². The lowest BCUT2D eigenvalue weighted by Crippen LogP contribution is -2.38. The molecule has 0 aliphatic heterocycles. The summed E-state index contributed by atoms with van der Waals surface area (Å²) >= 11 is 0. The van der Waals surface area contributed by atoms with Crippen LogP contribution in [-0.2, 0) is 6.54 Å². The molecule has 0 radical (unpaired) electrons. The molecule has 0 saturated heterocycles. The first kappa shape index (κ1) is 17.3. The van der Waals surface area contributed by atoms with Crippen molar-refractivity contribution in [3.05, 3.63) is 29.3 Å². The van der Waals surface area contributed by atoms with Gasteiger partial charge >= 0.3 is 0 Å². The normalized spacial score (nSPS) is 11.3. The van der Waals surface area contributed by atoms with Gasteiger partial charge in [0.1, 0.15) is 5.75 Å². The summed E-state index contributed by atoms with van der Waals surface area (Å²) in [6.07, 6.45) is 0.983. The maximum atomic E-state index is 8.88. The van der Waals surface area contributed by atoms with Crippen LogP contribution in [0.5, 0.6) is 5.75 Å². The molecule has 1 aromatic carbocycles. The molecule has 0 fully saturated rings. The van der Waals surface area contributed by atoms with Gasteiger partial charge in [-0.1, -0.05) is 19.1 Å². The van der Waals surface area contributed by atoms with E-state index >= 15 is 0 Å². The lowest BCUT2D eigenvalue weighted by Gasteiger charge is -2.13. The van der Waals surface area contributed by atoms with E-state index in [0.29, 0.717) is 25.7 Å². The molecule has 5 nitrogen and oxygen atoms in total. The Labute approximate surface area is 127 Å². The second-order valence-corrected chi connectivity index (χ2v) is 4.81. The van der Waals surface area contributed by atoms with Gasteiger partial charge in [0.25, 0.3) is 0 Å². The lowest BCUT2D eigenvalue weighted by atomic mass is 10.1. The summed E-state index contributed by atoms with van der Waals surface area (Å²) in [7, 11) is 0. The van der Waals surface area contributed by atoms with E-state index in [1.165, 1.54) is 5.56 Å². The third kappa shape index (κ3) is 6.49. The van der Waals surface area contributed by atoms with Crippen LogP contribution >= 0.6 is 0 Å². The van der Waals surface area contributed by atoms with Gasteiger partial charge in [0.05, 0.1) is 19.8 Å². The van der Waals surface area contributed by atoms with Crippen LogP contribution in [0.4, 0.5) is 0 Å². The number of nitrogens with one attached hydrogen (secondary N) is 2. The Balaban J connectivity index is 2.78. The van der Waals surface area contributed by atoms with Gasteiger partial charge < -0.3 is 20.5 Å². The van der Waals surface area contributed by atoms with E-state index in [1.807, 2.05) is 6.92 Å². The molecule has 0 atom stereocenters. The number of nitrogens with zero attached hydrogens (tertiary/aromatic N) is 1. The van der Waals surface area contributed by atoms with Crippen LogP contribution in [0.15, 0.2) is 23.2 Å². The molecule has 0 aliphatic rings. The molecular formula is C16H27N3O2. The largest absolute Gasteiger partial charge is 0.493 e. The summed E-state index contributed by atoms with van der Waals surface area (Å²) < 4.78 is 5.79. The van der Waals surface area contributed by atoms with Crippen molar-refractivity contribution in [3.63, 3.8) is 0 Å². The molecule has 5 heteroatoms. The molecule has 3 N–H and O–H groups in total. The van der Waals surface area contributed by atoms with Crippen LogP contribution in [0.2, 0.25) is 0 Å². The summed E-state index contributed by atoms with van der Waals surface area (Å²) in [5.74, 6) is 1.60. The van der Waals surface area contributed by atoms with E-state index in [4.69, 9.17) is 9.84 Å². The van der Waals surface area contributed by atoms with Gasteiger partial charge in [-0.25, -0.2) is 4.99 Å². The fourth-order valence-corrected chi connectivity index (χ4v) is 1.82. The average Bonchev–Trinajstić information content (AvgIpc) is 2.49. The zero-order chi connectivity index (χ0) is 15.5. The lowest BCUT2D eigenvalue weighted by molar-refractivity contribution is 0.300. The third-order valence-corrected chi connectivity index (χ3v) is 2.84. The van der Waals surface area contributed by atoms with Gasteiger partial charge in [-0.05, 0) is 31.9 Å². The molecule has 0 unspecified atom stereocenters. The number of aliphatic hydroxyl groups is 1. The molecule has 0 heterocycles. The fraction of sp³-hybridized carbons (Fsp3) is 0.562. The maximum Gasteiger partial charge on any atom is 0.191 e. The molecule has 0 aliphatic carbocycles. The van der Waals surface area contributed by atoms with Crippen LogP contribution in [-0.4, -0.2) is 37.4 Å². The molecule has 0 saturated carbocycles. The number of guanidine groups is 1. The van der Waals surface area contributed by atoms with Crippen LogP contribution in [0.1, 0.15) is 31.4 Å². The van der Waals surface area contributed by atoms with Gasteiger partial charge in [0.15, 0.2) is 5.96 Å². The van der Waals surface area contributed by atoms with Crippen molar-refractivity contribution in [2.75, 3.05) is 26.3 Å². The van der Waals surface area contributed by atoms with Crippen molar-refractivity contribution < 1.29 is 9.84 Å². The van der Waals surface area contributed by atoms with Crippen LogP contribution < -0.4 is 15.4 Å². The fourth-order valence-electron chi connectivity index (χ4n) is 1.82. The predicted octanol–water partition coefficient (Wildman–Crippen LogP) is 1.83. The second kappa shape index (κ2) is 10.0. The van der Waals surface area contributed by atoms with Crippen molar-refractivity contribution in [1.82, 2.24) is 10.6 Å². The van der Waals surface area contributed by atoms with Gasteiger partial charge in [0.2, 0.25) is 0 Å². The highest BCUT2D eigenvalue weighted by Crippen LogP contribution is 2.21. The highest BCUT2D eigenvalue weighted by atomic mass is 16.5. The Hall–Kier alpha value is -1.75. The third-order valence-electron chi connectivity index (χ3n) is 2.84. The number of aliphatic imine (C=N–C) groups is 1. The minimum absolute atomic E-state index is 0.0831. The first-order valence-corrected chi connectivity index (χ1v) is 7.56. The smallest absolute Gasteiger partial charge is 0.191 e. The summed E-state index contributed by atoms with van der Waals surface area (Å²) in [6, 6.07) is 6.17. The molecule has 0 aromatic heterocycles. The highest BCUT2D eigenvalue weighted by Gasteiger charge is 2.04. The van der Waals surface area contributed by atoms with Gasteiger partial charge in [-0.2, -0.15) is 0 Å². The summed E-state index contributed by atoms with van der Waals surface area (Å²) in [6.45, 7) is 8.76.